The lowest BCUT2D eigenvalue weighted by Crippen LogP contribution is -2.16. The molecule has 1 aromatic heterocycles. The number of alkyl halides is 3. The predicted octanol–water partition coefficient (Wildman–Crippen LogP) is 3.34. The lowest BCUT2D eigenvalue weighted by molar-refractivity contribution is -0.137. The summed E-state index contributed by atoms with van der Waals surface area (Å²) in [6, 6.07) is 11.9. The second-order valence-corrected chi connectivity index (χ2v) is 5.25. The molecule has 24 heavy (non-hydrogen) atoms. The molecule has 7 heteroatoms. The van der Waals surface area contributed by atoms with Gasteiger partial charge in [-0.3, -0.25) is 4.79 Å². The first kappa shape index (κ1) is 15.9. The van der Waals surface area contributed by atoms with Gasteiger partial charge >= 0.3 is 6.18 Å². The van der Waals surface area contributed by atoms with Gasteiger partial charge in [0, 0.05) is 11.8 Å². The summed E-state index contributed by atoms with van der Waals surface area (Å²) in [5, 5.41) is 0.724. The van der Waals surface area contributed by atoms with Crippen LogP contribution in [-0.4, -0.2) is 15.9 Å². The van der Waals surface area contributed by atoms with Crippen molar-refractivity contribution in [3.05, 3.63) is 71.2 Å². The molecule has 1 amide bonds. The van der Waals surface area contributed by atoms with E-state index in [-0.39, 0.29) is 12.2 Å². The van der Waals surface area contributed by atoms with Crippen molar-refractivity contribution in [2.75, 3.05) is 0 Å². The standard InChI is InChI=1S/C17H12F3N3O/c18-17(19,20)11-7-5-10(6-8-11)9-14-12-3-1-2-4-13(12)22-16(23-14)15(21)24/h1-8H,9H2,(H2,21,24). The number of amides is 1. The van der Waals surface area contributed by atoms with Crippen molar-refractivity contribution in [2.45, 2.75) is 12.6 Å². The molecule has 0 atom stereocenters. The Hall–Kier alpha value is -2.96. The van der Waals surface area contributed by atoms with E-state index in [1.807, 2.05) is 0 Å². The van der Waals surface area contributed by atoms with Crippen LogP contribution in [0, 0.1) is 0 Å². The fourth-order valence-corrected chi connectivity index (χ4v) is 2.39. The highest BCUT2D eigenvalue weighted by Crippen LogP contribution is 2.29. The van der Waals surface area contributed by atoms with Crippen molar-refractivity contribution in [2.24, 2.45) is 5.73 Å². The van der Waals surface area contributed by atoms with Gasteiger partial charge in [0.2, 0.25) is 5.82 Å². The normalized spacial score (nSPS) is 11.6. The molecule has 0 aliphatic heterocycles. The number of nitrogens with two attached hydrogens (primary N) is 1. The van der Waals surface area contributed by atoms with E-state index in [4.69, 9.17) is 5.73 Å². The molecule has 0 bridgehead atoms. The Labute approximate surface area is 135 Å². The summed E-state index contributed by atoms with van der Waals surface area (Å²) in [4.78, 5) is 19.6. The number of benzene rings is 2. The van der Waals surface area contributed by atoms with Gasteiger partial charge in [0.05, 0.1) is 16.8 Å². The quantitative estimate of drug-likeness (QED) is 0.800. The summed E-state index contributed by atoms with van der Waals surface area (Å²) in [5.74, 6) is -0.870. The van der Waals surface area contributed by atoms with Gasteiger partial charge in [-0.05, 0) is 23.8 Å². The molecule has 0 saturated heterocycles. The SMILES string of the molecule is NC(=O)c1nc(Cc2ccc(C(F)(F)F)cc2)c2ccccc2n1. The predicted molar refractivity (Wildman–Crippen MR) is 82.3 cm³/mol. The molecule has 4 nitrogen and oxygen atoms in total. The molecule has 2 N–H and O–H groups in total. The fourth-order valence-electron chi connectivity index (χ4n) is 2.39. The van der Waals surface area contributed by atoms with E-state index in [9.17, 15) is 18.0 Å². The molecular formula is C17H12F3N3O. The lowest BCUT2D eigenvalue weighted by atomic mass is 10.0. The highest BCUT2D eigenvalue weighted by Gasteiger charge is 2.29. The average molecular weight is 331 g/mol. The third-order valence-electron chi connectivity index (χ3n) is 3.56. The molecule has 0 aliphatic carbocycles. The third kappa shape index (κ3) is 3.19. The number of carbonyl (C=O) groups is 1. The molecule has 0 fully saturated rings. The van der Waals surface area contributed by atoms with E-state index < -0.39 is 17.6 Å². The largest absolute Gasteiger partial charge is 0.416 e. The zero-order chi connectivity index (χ0) is 17.3. The van der Waals surface area contributed by atoms with Crippen molar-refractivity contribution >= 4 is 16.8 Å². The first-order valence-corrected chi connectivity index (χ1v) is 7.06. The average Bonchev–Trinajstić information content (AvgIpc) is 2.54. The van der Waals surface area contributed by atoms with E-state index in [1.165, 1.54) is 12.1 Å². The van der Waals surface area contributed by atoms with Gasteiger partial charge in [-0.25, -0.2) is 9.97 Å². The van der Waals surface area contributed by atoms with Crippen molar-refractivity contribution in [1.82, 2.24) is 9.97 Å². The van der Waals surface area contributed by atoms with E-state index in [0.29, 0.717) is 16.8 Å². The van der Waals surface area contributed by atoms with Gasteiger partial charge in [-0.2, -0.15) is 13.2 Å². The van der Waals surface area contributed by atoms with Gasteiger partial charge in [0.25, 0.3) is 5.91 Å². The summed E-state index contributed by atoms with van der Waals surface area (Å²) in [6.07, 6.45) is -4.11. The van der Waals surface area contributed by atoms with Crippen molar-refractivity contribution in [1.29, 1.82) is 0 Å². The van der Waals surface area contributed by atoms with Crippen molar-refractivity contribution < 1.29 is 18.0 Å². The number of para-hydroxylation sites is 1. The van der Waals surface area contributed by atoms with Gasteiger partial charge in [0.1, 0.15) is 0 Å². The summed E-state index contributed by atoms with van der Waals surface area (Å²) in [7, 11) is 0. The molecule has 0 aliphatic rings. The number of primary amides is 1. The summed E-state index contributed by atoms with van der Waals surface area (Å²) >= 11 is 0. The second kappa shape index (κ2) is 5.92. The van der Waals surface area contributed by atoms with Crippen LogP contribution in [0.15, 0.2) is 48.5 Å². The Kier molecular flexibility index (Phi) is 3.92. The van der Waals surface area contributed by atoms with Crippen LogP contribution in [0.3, 0.4) is 0 Å². The first-order valence-electron chi connectivity index (χ1n) is 7.06. The van der Waals surface area contributed by atoms with Gasteiger partial charge < -0.3 is 5.73 Å². The molecule has 1 heterocycles. The lowest BCUT2D eigenvalue weighted by Gasteiger charge is -2.09. The maximum atomic E-state index is 12.6. The molecule has 3 rings (SSSR count). The molecule has 3 aromatic rings. The molecule has 0 radical (unpaired) electrons. The summed E-state index contributed by atoms with van der Waals surface area (Å²) < 4.78 is 37.9. The Balaban J connectivity index is 2.01. The minimum atomic E-state index is -4.38. The Bertz CT molecular complexity index is 905. The van der Waals surface area contributed by atoms with Crippen molar-refractivity contribution in [3.63, 3.8) is 0 Å². The van der Waals surface area contributed by atoms with Crippen LogP contribution in [-0.2, 0) is 12.6 Å². The smallest absolute Gasteiger partial charge is 0.363 e. The second-order valence-electron chi connectivity index (χ2n) is 5.25. The van der Waals surface area contributed by atoms with Gasteiger partial charge in [0.15, 0.2) is 0 Å². The maximum absolute atomic E-state index is 12.6. The molecule has 2 aromatic carbocycles. The zero-order valence-corrected chi connectivity index (χ0v) is 12.3. The van der Waals surface area contributed by atoms with Crippen LogP contribution in [0.2, 0.25) is 0 Å². The van der Waals surface area contributed by atoms with Crippen LogP contribution in [0.5, 0.6) is 0 Å². The van der Waals surface area contributed by atoms with E-state index in [1.54, 1.807) is 24.3 Å². The Morgan fingerprint density at radius 2 is 1.67 bits per heavy atom. The van der Waals surface area contributed by atoms with Crippen LogP contribution < -0.4 is 5.73 Å². The van der Waals surface area contributed by atoms with E-state index >= 15 is 0 Å². The minimum absolute atomic E-state index is 0.115. The fraction of sp³-hybridized carbons (Fsp3) is 0.118. The molecule has 122 valence electrons. The third-order valence-corrected chi connectivity index (χ3v) is 3.56. The number of carbonyl (C=O) groups excluding carboxylic acids is 1. The molecule has 0 spiro atoms. The maximum Gasteiger partial charge on any atom is 0.416 e. The van der Waals surface area contributed by atoms with Crippen LogP contribution in [0.4, 0.5) is 13.2 Å². The zero-order valence-electron chi connectivity index (χ0n) is 12.3. The number of halogens is 3. The number of hydrogen-bond donors (Lipinski definition) is 1. The Morgan fingerprint density at radius 1 is 1.00 bits per heavy atom. The van der Waals surface area contributed by atoms with E-state index in [2.05, 4.69) is 9.97 Å². The van der Waals surface area contributed by atoms with Gasteiger partial charge in [-0.1, -0.05) is 30.3 Å². The highest BCUT2D eigenvalue weighted by atomic mass is 19.4. The van der Waals surface area contributed by atoms with Gasteiger partial charge in [-0.15, -0.1) is 0 Å². The van der Waals surface area contributed by atoms with Crippen LogP contribution in [0.25, 0.3) is 10.9 Å². The van der Waals surface area contributed by atoms with Crippen LogP contribution >= 0.6 is 0 Å². The minimum Gasteiger partial charge on any atom is -0.363 e. The molecule has 0 unspecified atom stereocenters. The number of nitrogens with zero attached hydrogens (tertiary/aromatic N) is 2. The van der Waals surface area contributed by atoms with E-state index in [0.717, 1.165) is 17.5 Å². The molecular weight excluding hydrogens is 319 g/mol. The monoisotopic (exact) mass is 331 g/mol. The Morgan fingerprint density at radius 3 is 2.29 bits per heavy atom. The summed E-state index contributed by atoms with van der Waals surface area (Å²) in [6.45, 7) is 0. The number of aromatic nitrogens is 2. The number of hydrogen-bond acceptors (Lipinski definition) is 3. The molecule has 0 saturated carbocycles. The topological polar surface area (TPSA) is 68.9 Å². The number of rotatable bonds is 3. The summed E-state index contributed by atoms with van der Waals surface area (Å²) in [5.41, 5.74) is 6.27. The van der Waals surface area contributed by atoms with Crippen LogP contribution in [0.1, 0.15) is 27.4 Å². The first-order chi connectivity index (χ1) is 11.3. The highest BCUT2D eigenvalue weighted by molar-refractivity contribution is 5.92. The number of fused-ring (bicyclic) bond motifs is 1. The van der Waals surface area contributed by atoms with Crippen molar-refractivity contribution in [3.8, 4) is 0 Å².